The Bertz CT molecular complexity index is 186. The molecule has 1 saturated heterocycles. The van der Waals surface area contributed by atoms with E-state index in [1.807, 2.05) is 6.92 Å². The van der Waals surface area contributed by atoms with Gasteiger partial charge in [0.15, 0.2) is 5.96 Å². The zero-order chi connectivity index (χ0) is 9.84. The van der Waals surface area contributed by atoms with E-state index in [1.54, 1.807) is 12.0 Å². The lowest BCUT2D eigenvalue weighted by molar-refractivity contribution is -0.0233. The first-order valence-corrected chi connectivity index (χ1v) is 4.42. The lowest BCUT2D eigenvalue weighted by Crippen LogP contribution is -2.35. The Hall–Kier alpha value is -0.810. The van der Waals surface area contributed by atoms with Crippen molar-refractivity contribution in [1.82, 2.24) is 4.90 Å². The fourth-order valence-electron chi connectivity index (χ4n) is 1.54. The van der Waals surface area contributed by atoms with Gasteiger partial charge in [0, 0.05) is 26.8 Å². The molecule has 1 fully saturated rings. The number of rotatable bonds is 3. The highest BCUT2D eigenvalue weighted by Gasteiger charge is 2.33. The summed E-state index contributed by atoms with van der Waals surface area (Å²) in [4.78, 5) is 1.76. The summed E-state index contributed by atoms with van der Waals surface area (Å²) in [6, 6.07) is 0. The molecule has 76 valence electrons. The highest BCUT2D eigenvalue weighted by Crippen LogP contribution is 2.15. The Morgan fingerprint density at radius 2 is 2.15 bits per heavy atom. The Morgan fingerprint density at radius 1 is 1.54 bits per heavy atom. The van der Waals surface area contributed by atoms with Crippen LogP contribution in [0.25, 0.3) is 0 Å². The zero-order valence-corrected chi connectivity index (χ0v) is 8.12. The monoisotopic (exact) mass is 187 g/mol. The van der Waals surface area contributed by atoms with Gasteiger partial charge >= 0.3 is 0 Å². The number of likely N-dealkylation sites (tertiary alicyclic amines) is 1. The molecule has 1 aliphatic rings. The van der Waals surface area contributed by atoms with Crippen LogP contribution in [0.3, 0.4) is 0 Å². The molecule has 5 heteroatoms. The van der Waals surface area contributed by atoms with Gasteiger partial charge in [-0.05, 0) is 6.92 Å². The van der Waals surface area contributed by atoms with Crippen LogP contribution < -0.4 is 5.73 Å². The Morgan fingerprint density at radius 3 is 2.62 bits per heavy atom. The number of nitrogens with zero attached hydrogens (tertiary/aromatic N) is 1. The minimum atomic E-state index is 0.0313. The summed E-state index contributed by atoms with van der Waals surface area (Å²) < 4.78 is 10.7. The molecule has 1 heterocycles. The summed E-state index contributed by atoms with van der Waals surface area (Å²) in [6.07, 6.45) is 0.0720. The number of nitrogens with two attached hydrogens (primary N) is 1. The predicted octanol–water partition coefficient (Wildman–Crippen LogP) is -0.384. The van der Waals surface area contributed by atoms with Crippen LogP contribution in [0, 0.1) is 5.41 Å². The zero-order valence-electron chi connectivity index (χ0n) is 8.12. The molecule has 13 heavy (non-hydrogen) atoms. The minimum absolute atomic E-state index is 0.0313. The number of hydrogen-bond acceptors (Lipinski definition) is 3. The number of methoxy groups -OCH3 is 1. The van der Waals surface area contributed by atoms with E-state index in [0.29, 0.717) is 19.7 Å². The molecule has 0 aromatic carbocycles. The second-order valence-corrected chi connectivity index (χ2v) is 3.06. The summed E-state index contributed by atoms with van der Waals surface area (Å²) in [7, 11) is 1.65. The first-order chi connectivity index (χ1) is 6.19. The molecule has 0 aromatic rings. The molecule has 1 rings (SSSR count). The maximum Gasteiger partial charge on any atom is 0.188 e. The first kappa shape index (κ1) is 10.3. The van der Waals surface area contributed by atoms with Crippen LogP contribution in [0.1, 0.15) is 6.92 Å². The number of nitrogens with one attached hydrogen (secondary N) is 1. The van der Waals surface area contributed by atoms with E-state index in [2.05, 4.69) is 0 Å². The molecule has 0 unspecified atom stereocenters. The van der Waals surface area contributed by atoms with Crippen molar-refractivity contribution in [2.24, 2.45) is 5.73 Å². The molecule has 0 saturated carbocycles. The fraction of sp³-hybridized carbons (Fsp3) is 0.875. The lowest BCUT2D eigenvalue weighted by Gasteiger charge is -2.15. The fourth-order valence-corrected chi connectivity index (χ4v) is 1.54. The van der Waals surface area contributed by atoms with E-state index < -0.39 is 0 Å². The summed E-state index contributed by atoms with van der Waals surface area (Å²) in [5.41, 5.74) is 5.37. The first-order valence-electron chi connectivity index (χ1n) is 4.42. The van der Waals surface area contributed by atoms with Gasteiger partial charge in [0.1, 0.15) is 12.2 Å². The molecule has 0 radical (unpaired) electrons. The summed E-state index contributed by atoms with van der Waals surface area (Å²) >= 11 is 0. The molecule has 3 N–H and O–H groups in total. The molecule has 0 amide bonds. The third-order valence-electron chi connectivity index (χ3n) is 2.24. The summed E-state index contributed by atoms with van der Waals surface area (Å²) in [5, 5.41) is 7.27. The Kier molecular flexibility index (Phi) is 3.50. The van der Waals surface area contributed by atoms with Crippen molar-refractivity contribution in [3.8, 4) is 0 Å². The molecule has 1 aliphatic heterocycles. The molecule has 5 nitrogen and oxygen atoms in total. The number of hydrogen-bond donors (Lipinski definition) is 2. The third-order valence-corrected chi connectivity index (χ3v) is 2.24. The molecule has 0 aromatic heterocycles. The molecular formula is C8H17N3O2. The van der Waals surface area contributed by atoms with Gasteiger partial charge in [0.05, 0.1) is 0 Å². The average Bonchev–Trinajstić information content (AvgIpc) is 2.48. The second-order valence-electron chi connectivity index (χ2n) is 3.06. The van der Waals surface area contributed by atoms with Gasteiger partial charge in [0.25, 0.3) is 0 Å². The van der Waals surface area contributed by atoms with Gasteiger partial charge < -0.3 is 20.1 Å². The minimum Gasteiger partial charge on any atom is -0.377 e. The third kappa shape index (κ3) is 2.32. The lowest BCUT2D eigenvalue weighted by atomic mass is 10.2. The van der Waals surface area contributed by atoms with Crippen LogP contribution in [0.15, 0.2) is 0 Å². The van der Waals surface area contributed by atoms with Crippen LogP contribution in [0.4, 0.5) is 0 Å². The van der Waals surface area contributed by atoms with Crippen LogP contribution in [-0.2, 0) is 9.47 Å². The Balaban J connectivity index is 2.50. The molecular weight excluding hydrogens is 170 g/mol. The van der Waals surface area contributed by atoms with Crippen LogP contribution in [0.2, 0.25) is 0 Å². The summed E-state index contributed by atoms with van der Waals surface area (Å²) in [5.74, 6) is 0.0873. The number of guanidine groups is 1. The van der Waals surface area contributed by atoms with Gasteiger partial charge in [0.2, 0.25) is 0 Å². The van der Waals surface area contributed by atoms with Gasteiger partial charge in [-0.1, -0.05) is 0 Å². The van der Waals surface area contributed by atoms with Crippen molar-refractivity contribution in [3.05, 3.63) is 0 Å². The largest absolute Gasteiger partial charge is 0.377 e. The molecule has 0 spiro atoms. The van der Waals surface area contributed by atoms with E-state index in [0.717, 1.165) is 0 Å². The average molecular weight is 187 g/mol. The van der Waals surface area contributed by atoms with Crippen molar-refractivity contribution in [1.29, 1.82) is 5.41 Å². The van der Waals surface area contributed by atoms with Gasteiger partial charge in [-0.2, -0.15) is 0 Å². The molecule has 2 atom stereocenters. The van der Waals surface area contributed by atoms with Gasteiger partial charge in [-0.3, -0.25) is 5.41 Å². The molecule has 0 bridgehead atoms. The van der Waals surface area contributed by atoms with Gasteiger partial charge in [-0.15, -0.1) is 0 Å². The standard InChI is InChI=1S/C8H17N3O2/c1-3-13-7-5-11(8(9)10)4-6(7)12-2/h6-7H,3-5H2,1-2H3,(H3,9,10)/t6-,7-/m1/s1. The topological polar surface area (TPSA) is 71.6 Å². The SMILES string of the molecule is CCO[C@@H]1CN(C(=N)N)C[C@H]1OC. The van der Waals surface area contributed by atoms with Crippen LogP contribution in [0.5, 0.6) is 0 Å². The van der Waals surface area contributed by atoms with Crippen LogP contribution in [-0.4, -0.2) is 49.9 Å². The van der Waals surface area contributed by atoms with Crippen molar-refractivity contribution in [2.45, 2.75) is 19.1 Å². The highest BCUT2D eigenvalue weighted by molar-refractivity contribution is 5.75. The van der Waals surface area contributed by atoms with E-state index in [9.17, 15) is 0 Å². The Labute approximate surface area is 78.3 Å². The van der Waals surface area contributed by atoms with E-state index >= 15 is 0 Å². The van der Waals surface area contributed by atoms with Crippen molar-refractivity contribution < 1.29 is 9.47 Å². The van der Waals surface area contributed by atoms with E-state index in [4.69, 9.17) is 20.6 Å². The quantitative estimate of drug-likeness (QED) is 0.466. The van der Waals surface area contributed by atoms with E-state index in [-0.39, 0.29) is 18.2 Å². The van der Waals surface area contributed by atoms with Crippen molar-refractivity contribution in [2.75, 3.05) is 26.8 Å². The second kappa shape index (κ2) is 4.43. The van der Waals surface area contributed by atoms with E-state index in [1.165, 1.54) is 0 Å². The predicted molar refractivity (Wildman–Crippen MR) is 49.7 cm³/mol. The number of ether oxygens (including phenoxy) is 2. The van der Waals surface area contributed by atoms with Gasteiger partial charge in [-0.25, -0.2) is 0 Å². The maximum atomic E-state index is 7.27. The van der Waals surface area contributed by atoms with Crippen LogP contribution >= 0.6 is 0 Å². The molecule has 0 aliphatic carbocycles. The smallest absolute Gasteiger partial charge is 0.188 e. The summed E-state index contributed by atoms with van der Waals surface area (Å²) in [6.45, 7) is 3.91. The normalized spacial score (nSPS) is 28.0. The maximum absolute atomic E-state index is 7.27. The highest BCUT2D eigenvalue weighted by atomic mass is 16.5. The van der Waals surface area contributed by atoms with Crippen molar-refractivity contribution in [3.63, 3.8) is 0 Å². The van der Waals surface area contributed by atoms with Crippen molar-refractivity contribution >= 4 is 5.96 Å².